The van der Waals surface area contributed by atoms with Gasteiger partial charge in [-0.2, -0.15) is 0 Å². The van der Waals surface area contributed by atoms with E-state index in [0.29, 0.717) is 38.1 Å². The number of rotatable bonds is 2. The lowest BCUT2D eigenvalue weighted by Crippen LogP contribution is -2.56. The zero-order valence-corrected chi connectivity index (χ0v) is 14.0. The van der Waals surface area contributed by atoms with Gasteiger partial charge >= 0.3 is 0 Å². The summed E-state index contributed by atoms with van der Waals surface area (Å²) in [6.45, 7) is 1.91. The van der Waals surface area contributed by atoms with Crippen LogP contribution in [0, 0.1) is 0 Å². The zero-order chi connectivity index (χ0) is 17.3. The number of benzene rings is 1. The molecule has 132 valence electrons. The van der Waals surface area contributed by atoms with E-state index in [-0.39, 0.29) is 5.91 Å². The van der Waals surface area contributed by atoms with Gasteiger partial charge in [0.15, 0.2) is 0 Å². The molecular weight excluding hydrogens is 320 g/mol. The van der Waals surface area contributed by atoms with Gasteiger partial charge in [-0.15, -0.1) is 10.2 Å². The predicted octanol–water partition coefficient (Wildman–Crippen LogP) is 1.41. The topological polar surface area (TPSA) is 80.5 Å². The minimum Gasteiger partial charge on any atom is -0.390 e. The van der Waals surface area contributed by atoms with Gasteiger partial charge in [0.05, 0.1) is 11.7 Å². The maximum Gasteiger partial charge on any atom is 0.253 e. The number of carbonyl (C=O) groups excluding carboxylic acids is 1. The minimum atomic E-state index is -0.459. The molecule has 4 rings (SSSR count). The summed E-state index contributed by atoms with van der Waals surface area (Å²) in [6.07, 6.45) is 5.86. The number of amides is 1. The fraction of sp³-hybridized carbons (Fsp3) is 0.500. The van der Waals surface area contributed by atoms with Gasteiger partial charge in [-0.25, -0.2) is 0 Å². The minimum absolute atomic E-state index is 0.00933. The van der Waals surface area contributed by atoms with Crippen molar-refractivity contribution in [2.24, 2.45) is 0 Å². The van der Waals surface area contributed by atoms with Gasteiger partial charge in [0.25, 0.3) is 5.91 Å². The number of aliphatic hydroxyl groups excluding tert-OH is 1. The van der Waals surface area contributed by atoms with Crippen molar-refractivity contribution in [1.82, 2.24) is 19.7 Å². The number of nitrogens with zero attached hydrogens (tertiary/aromatic N) is 4. The molecular formula is C18H22N4O3. The molecule has 2 fully saturated rings. The molecule has 2 aromatic rings. The number of aliphatic hydroxyl groups is 1. The third-order valence-corrected chi connectivity index (χ3v) is 5.33. The van der Waals surface area contributed by atoms with Gasteiger partial charge < -0.3 is 14.7 Å². The lowest BCUT2D eigenvalue weighted by molar-refractivity contribution is -0.174. The zero-order valence-electron chi connectivity index (χ0n) is 14.0. The highest BCUT2D eigenvalue weighted by Gasteiger charge is 2.44. The Morgan fingerprint density at radius 3 is 2.72 bits per heavy atom. The molecule has 1 aromatic carbocycles. The summed E-state index contributed by atoms with van der Waals surface area (Å²) in [6, 6.07) is 7.45. The fourth-order valence-electron chi connectivity index (χ4n) is 3.79. The molecule has 1 unspecified atom stereocenters. The van der Waals surface area contributed by atoms with Crippen molar-refractivity contribution in [2.75, 3.05) is 19.7 Å². The predicted molar refractivity (Wildman–Crippen MR) is 90.4 cm³/mol. The Kier molecular flexibility index (Phi) is 4.27. The summed E-state index contributed by atoms with van der Waals surface area (Å²) >= 11 is 0. The molecule has 1 amide bonds. The highest BCUT2D eigenvalue weighted by atomic mass is 16.5. The second-order valence-electron chi connectivity index (χ2n) is 6.78. The molecule has 0 radical (unpaired) electrons. The Labute approximate surface area is 146 Å². The van der Waals surface area contributed by atoms with Crippen LogP contribution in [-0.4, -0.2) is 62.1 Å². The average Bonchev–Trinajstić information content (AvgIpc) is 3.19. The Hall–Kier alpha value is -2.25. The molecule has 1 N–H and O–H groups in total. The SMILES string of the molecule is O=C(c1cccc(-n2cnnc2)c1)N1CCC2(CC1)OCCCC2O. The summed E-state index contributed by atoms with van der Waals surface area (Å²) < 4.78 is 7.69. The second-order valence-corrected chi connectivity index (χ2v) is 6.78. The van der Waals surface area contributed by atoms with E-state index in [4.69, 9.17) is 4.74 Å². The van der Waals surface area contributed by atoms with Crippen LogP contribution in [0.5, 0.6) is 0 Å². The molecule has 1 aromatic heterocycles. The van der Waals surface area contributed by atoms with Crippen molar-refractivity contribution < 1.29 is 14.6 Å². The van der Waals surface area contributed by atoms with Crippen molar-refractivity contribution in [3.63, 3.8) is 0 Å². The highest BCUT2D eigenvalue weighted by Crippen LogP contribution is 2.35. The Balaban J connectivity index is 1.47. The van der Waals surface area contributed by atoms with Crippen LogP contribution in [0.1, 0.15) is 36.0 Å². The molecule has 2 aliphatic heterocycles. The quantitative estimate of drug-likeness (QED) is 0.893. The molecule has 25 heavy (non-hydrogen) atoms. The molecule has 7 nitrogen and oxygen atoms in total. The smallest absolute Gasteiger partial charge is 0.253 e. The standard InChI is InChI=1S/C18H22N4O3/c23-16-5-2-10-25-18(16)6-8-21(9-7-18)17(24)14-3-1-4-15(11-14)22-12-19-20-13-22/h1,3-4,11-13,16,23H,2,5-10H2. The largest absolute Gasteiger partial charge is 0.390 e. The average molecular weight is 342 g/mol. The summed E-state index contributed by atoms with van der Waals surface area (Å²) in [5.74, 6) is 0.00933. The fourth-order valence-corrected chi connectivity index (χ4v) is 3.79. The van der Waals surface area contributed by atoms with Crippen LogP contribution in [0.2, 0.25) is 0 Å². The molecule has 2 saturated heterocycles. The Bertz CT molecular complexity index is 739. The van der Waals surface area contributed by atoms with Gasteiger partial charge in [0.1, 0.15) is 12.7 Å². The van der Waals surface area contributed by atoms with Gasteiger partial charge in [-0.05, 0) is 43.9 Å². The van der Waals surface area contributed by atoms with Crippen molar-refractivity contribution >= 4 is 5.91 Å². The number of ether oxygens (including phenoxy) is 1. The molecule has 0 bridgehead atoms. The maximum atomic E-state index is 12.9. The molecule has 7 heteroatoms. The van der Waals surface area contributed by atoms with Crippen LogP contribution in [0.3, 0.4) is 0 Å². The molecule has 1 atom stereocenters. The van der Waals surface area contributed by atoms with E-state index in [2.05, 4.69) is 10.2 Å². The van der Waals surface area contributed by atoms with E-state index in [0.717, 1.165) is 18.5 Å². The normalized spacial score (nSPS) is 22.9. The molecule has 2 aliphatic rings. The van der Waals surface area contributed by atoms with Crippen LogP contribution < -0.4 is 0 Å². The van der Waals surface area contributed by atoms with Crippen molar-refractivity contribution in [1.29, 1.82) is 0 Å². The summed E-state index contributed by atoms with van der Waals surface area (Å²) in [7, 11) is 0. The van der Waals surface area contributed by atoms with E-state index < -0.39 is 11.7 Å². The van der Waals surface area contributed by atoms with Crippen molar-refractivity contribution in [2.45, 2.75) is 37.4 Å². The molecule has 3 heterocycles. The number of hydrogen-bond acceptors (Lipinski definition) is 5. The van der Waals surface area contributed by atoms with Crippen molar-refractivity contribution in [3.05, 3.63) is 42.5 Å². The van der Waals surface area contributed by atoms with Crippen LogP contribution in [-0.2, 0) is 4.74 Å². The van der Waals surface area contributed by atoms with E-state index >= 15 is 0 Å². The first-order valence-corrected chi connectivity index (χ1v) is 8.74. The molecule has 0 saturated carbocycles. The van der Waals surface area contributed by atoms with Crippen LogP contribution in [0.15, 0.2) is 36.9 Å². The number of piperidine rings is 1. The lowest BCUT2D eigenvalue weighted by Gasteiger charge is -2.46. The third-order valence-electron chi connectivity index (χ3n) is 5.33. The highest BCUT2D eigenvalue weighted by molar-refractivity contribution is 5.94. The van der Waals surface area contributed by atoms with Crippen LogP contribution >= 0.6 is 0 Å². The number of likely N-dealkylation sites (tertiary alicyclic amines) is 1. The van der Waals surface area contributed by atoms with Crippen LogP contribution in [0.4, 0.5) is 0 Å². The lowest BCUT2D eigenvalue weighted by atomic mass is 9.82. The van der Waals surface area contributed by atoms with E-state index in [1.54, 1.807) is 17.2 Å². The Morgan fingerprint density at radius 1 is 1.24 bits per heavy atom. The van der Waals surface area contributed by atoms with Crippen molar-refractivity contribution in [3.8, 4) is 5.69 Å². The van der Waals surface area contributed by atoms with Gasteiger partial charge in [-0.3, -0.25) is 9.36 Å². The molecule has 1 spiro atoms. The summed E-state index contributed by atoms with van der Waals surface area (Å²) in [5, 5.41) is 17.9. The van der Waals surface area contributed by atoms with E-state index in [1.807, 2.05) is 29.2 Å². The monoisotopic (exact) mass is 342 g/mol. The van der Waals surface area contributed by atoms with Crippen LogP contribution in [0.25, 0.3) is 5.69 Å². The maximum absolute atomic E-state index is 12.9. The van der Waals surface area contributed by atoms with Gasteiger partial charge in [-0.1, -0.05) is 6.07 Å². The number of aromatic nitrogens is 3. The van der Waals surface area contributed by atoms with Gasteiger partial charge in [0, 0.05) is 30.9 Å². The number of hydrogen-bond donors (Lipinski definition) is 1. The van der Waals surface area contributed by atoms with E-state index in [9.17, 15) is 9.90 Å². The van der Waals surface area contributed by atoms with E-state index in [1.165, 1.54) is 0 Å². The second kappa shape index (κ2) is 6.57. The third kappa shape index (κ3) is 3.05. The van der Waals surface area contributed by atoms with Gasteiger partial charge in [0.2, 0.25) is 0 Å². The Morgan fingerprint density at radius 2 is 2.00 bits per heavy atom. The first-order chi connectivity index (χ1) is 12.2. The summed E-state index contributed by atoms with van der Waals surface area (Å²) in [4.78, 5) is 14.7. The number of carbonyl (C=O) groups is 1. The first kappa shape index (κ1) is 16.2. The summed E-state index contributed by atoms with van der Waals surface area (Å²) in [5.41, 5.74) is 1.04. The molecule has 0 aliphatic carbocycles. The first-order valence-electron chi connectivity index (χ1n) is 8.74.